The van der Waals surface area contributed by atoms with Crippen molar-refractivity contribution < 1.29 is 4.79 Å². The van der Waals surface area contributed by atoms with Crippen molar-refractivity contribution in [2.75, 3.05) is 39.3 Å². The summed E-state index contributed by atoms with van der Waals surface area (Å²) in [6.07, 6.45) is 2.96. The quantitative estimate of drug-likeness (QED) is 0.783. The molecule has 0 saturated carbocycles. The van der Waals surface area contributed by atoms with Gasteiger partial charge in [-0.3, -0.25) is 18.9 Å². The molecule has 0 atom stereocenters. The van der Waals surface area contributed by atoms with Crippen LogP contribution in [-0.4, -0.2) is 59.5 Å². The van der Waals surface area contributed by atoms with Gasteiger partial charge in [0.25, 0.3) is 11.5 Å². The van der Waals surface area contributed by atoms with Gasteiger partial charge >= 0.3 is 0 Å². The number of pyridine rings is 1. The lowest BCUT2D eigenvalue weighted by Gasteiger charge is -2.27. The van der Waals surface area contributed by atoms with E-state index in [0.717, 1.165) is 32.7 Å². The minimum atomic E-state index is -0.370. The Morgan fingerprint density at radius 2 is 2.14 bits per heavy atom. The molecule has 0 aliphatic carbocycles. The van der Waals surface area contributed by atoms with Gasteiger partial charge in [0.05, 0.1) is 0 Å². The molecule has 7 heteroatoms. The molecule has 0 bridgehead atoms. The molecule has 2 aromatic heterocycles. The van der Waals surface area contributed by atoms with Crippen molar-refractivity contribution in [1.82, 2.24) is 24.9 Å². The molecule has 2 N–H and O–H groups in total. The summed E-state index contributed by atoms with van der Waals surface area (Å²) >= 11 is 0. The van der Waals surface area contributed by atoms with Crippen LogP contribution in [0.15, 0.2) is 35.4 Å². The Labute approximate surface area is 128 Å². The van der Waals surface area contributed by atoms with Crippen molar-refractivity contribution >= 4 is 11.6 Å². The Hall–Kier alpha value is -2.25. The van der Waals surface area contributed by atoms with Crippen LogP contribution in [0.4, 0.5) is 0 Å². The third kappa shape index (κ3) is 3.15. The maximum atomic E-state index is 12.3. The van der Waals surface area contributed by atoms with E-state index < -0.39 is 0 Å². The number of amides is 1. The zero-order valence-electron chi connectivity index (χ0n) is 12.3. The van der Waals surface area contributed by atoms with Gasteiger partial charge in [0.2, 0.25) is 0 Å². The van der Waals surface area contributed by atoms with Crippen molar-refractivity contribution in [1.29, 1.82) is 0 Å². The zero-order valence-corrected chi connectivity index (χ0v) is 12.3. The Balaban J connectivity index is 1.64. The largest absolute Gasteiger partial charge is 0.351 e. The molecule has 2 aromatic rings. The van der Waals surface area contributed by atoms with E-state index in [-0.39, 0.29) is 17.0 Å². The van der Waals surface area contributed by atoms with E-state index in [1.54, 1.807) is 24.4 Å². The number of aromatic nitrogens is 2. The molecule has 0 aromatic carbocycles. The Kier molecular flexibility index (Phi) is 4.45. The molecule has 0 radical (unpaired) electrons. The Bertz CT molecular complexity index is 721. The summed E-state index contributed by atoms with van der Waals surface area (Å²) in [6, 6.07) is 5.27. The van der Waals surface area contributed by atoms with E-state index in [2.05, 4.69) is 20.5 Å². The number of fused-ring (bicyclic) bond motifs is 1. The average Bonchev–Trinajstić information content (AvgIpc) is 2.56. The third-order valence-corrected chi connectivity index (χ3v) is 3.78. The second-order valence-electron chi connectivity index (χ2n) is 5.25. The standard InChI is InChI=1S/C15H19N5O2/c21-14(17-6-10-19-8-4-16-5-9-19)12-11-18-13-3-1-2-7-20(13)15(12)22/h1-3,7,11,16H,4-6,8-10H2,(H,17,21). The Morgan fingerprint density at radius 3 is 2.95 bits per heavy atom. The summed E-state index contributed by atoms with van der Waals surface area (Å²) in [7, 11) is 0. The topological polar surface area (TPSA) is 78.7 Å². The summed E-state index contributed by atoms with van der Waals surface area (Å²) in [5, 5.41) is 6.08. The molecule has 1 amide bonds. The number of hydrogen-bond donors (Lipinski definition) is 2. The van der Waals surface area contributed by atoms with E-state index in [9.17, 15) is 9.59 Å². The van der Waals surface area contributed by atoms with Crippen LogP contribution in [0, 0.1) is 0 Å². The second kappa shape index (κ2) is 6.67. The van der Waals surface area contributed by atoms with Gasteiger partial charge < -0.3 is 10.6 Å². The molecule has 1 aliphatic rings. The molecule has 1 saturated heterocycles. The van der Waals surface area contributed by atoms with Gasteiger partial charge in [-0.05, 0) is 12.1 Å². The van der Waals surface area contributed by atoms with E-state index in [1.165, 1.54) is 10.6 Å². The van der Waals surface area contributed by atoms with Gasteiger partial charge in [0.15, 0.2) is 0 Å². The predicted octanol–water partition coefficient (Wildman–Crippen LogP) is -0.670. The number of carbonyl (C=O) groups is 1. The fraction of sp³-hybridized carbons (Fsp3) is 0.400. The highest BCUT2D eigenvalue weighted by atomic mass is 16.2. The summed E-state index contributed by atoms with van der Waals surface area (Å²) in [4.78, 5) is 30.9. The number of hydrogen-bond acceptors (Lipinski definition) is 5. The van der Waals surface area contributed by atoms with Gasteiger partial charge in [-0.1, -0.05) is 6.07 Å². The van der Waals surface area contributed by atoms with Crippen LogP contribution in [0.2, 0.25) is 0 Å². The van der Waals surface area contributed by atoms with Gasteiger partial charge in [0.1, 0.15) is 11.2 Å². The van der Waals surface area contributed by atoms with Crippen molar-refractivity contribution in [3.05, 3.63) is 46.5 Å². The molecule has 7 nitrogen and oxygen atoms in total. The lowest BCUT2D eigenvalue weighted by atomic mass is 10.3. The van der Waals surface area contributed by atoms with Crippen molar-refractivity contribution in [3.8, 4) is 0 Å². The minimum absolute atomic E-state index is 0.0732. The highest BCUT2D eigenvalue weighted by Gasteiger charge is 2.14. The first-order valence-corrected chi connectivity index (χ1v) is 7.43. The molecule has 3 heterocycles. The molecule has 0 unspecified atom stereocenters. The highest BCUT2D eigenvalue weighted by molar-refractivity contribution is 5.93. The van der Waals surface area contributed by atoms with Crippen LogP contribution in [0.25, 0.3) is 5.65 Å². The number of rotatable bonds is 4. The van der Waals surface area contributed by atoms with Gasteiger partial charge in [0, 0.05) is 51.7 Å². The van der Waals surface area contributed by atoms with E-state index in [1.807, 2.05) is 0 Å². The summed E-state index contributed by atoms with van der Waals surface area (Å²) in [6.45, 7) is 5.23. The van der Waals surface area contributed by atoms with Gasteiger partial charge in [-0.2, -0.15) is 0 Å². The highest BCUT2D eigenvalue weighted by Crippen LogP contribution is 1.97. The fourth-order valence-corrected chi connectivity index (χ4v) is 2.54. The monoisotopic (exact) mass is 301 g/mol. The zero-order chi connectivity index (χ0) is 15.4. The second-order valence-corrected chi connectivity index (χ2v) is 5.25. The number of piperazine rings is 1. The molecular weight excluding hydrogens is 282 g/mol. The van der Waals surface area contributed by atoms with Crippen LogP contribution in [-0.2, 0) is 0 Å². The number of nitrogens with one attached hydrogen (secondary N) is 2. The lowest BCUT2D eigenvalue weighted by molar-refractivity contribution is 0.0945. The number of nitrogens with zero attached hydrogens (tertiary/aromatic N) is 3. The average molecular weight is 301 g/mol. The summed E-state index contributed by atoms with van der Waals surface area (Å²) in [5.41, 5.74) is 0.263. The fourth-order valence-electron chi connectivity index (χ4n) is 2.54. The van der Waals surface area contributed by atoms with Crippen LogP contribution in [0.1, 0.15) is 10.4 Å². The normalized spacial score (nSPS) is 15.8. The summed E-state index contributed by atoms with van der Waals surface area (Å²) in [5.74, 6) is -0.370. The third-order valence-electron chi connectivity index (χ3n) is 3.78. The first-order valence-electron chi connectivity index (χ1n) is 7.43. The summed E-state index contributed by atoms with van der Waals surface area (Å²) < 4.78 is 1.38. The van der Waals surface area contributed by atoms with E-state index >= 15 is 0 Å². The Morgan fingerprint density at radius 1 is 1.32 bits per heavy atom. The lowest BCUT2D eigenvalue weighted by Crippen LogP contribution is -2.46. The van der Waals surface area contributed by atoms with E-state index in [4.69, 9.17) is 0 Å². The van der Waals surface area contributed by atoms with Crippen molar-refractivity contribution in [2.45, 2.75) is 0 Å². The number of carbonyl (C=O) groups excluding carboxylic acids is 1. The molecule has 1 fully saturated rings. The maximum Gasteiger partial charge on any atom is 0.270 e. The minimum Gasteiger partial charge on any atom is -0.351 e. The van der Waals surface area contributed by atoms with Gasteiger partial charge in [-0.15, -0.1) is 0 Å². The van der Waals surface area contributed by atoms with Crippen LogP contribution in [0.5, 0.6) is 0 Å². The molecule has 116 valence electrons. The predicted molar refractivity (Wildman–Crippen MR) is 83.1 cm³/mol. The van der Waals surface area contributed by atoms with Crippen molar-refractivity contribution in [3.63, 3.8) is 0 Å². The smallest absolute Gasteiger partial charge is 0.270 e. The van der Waals surface area contributed by atoms with Crippen LogP contribution in [0.3, 0.4) is 0 Å². The van der Waals surface area contributed by atoms with Crippen LogP contribution >= 0.6 is 0 Å². The van der Waals surface area contributed by atoms with Crippen molar-refractivity contribution in [2.24, 2.45) is 0 Å². The molecule has 3 rings (SSSR count). The maximum absolute atomic E-state index is 12.3. The van der Waals surface area contributed by atoms with E-state index in [0.29, 0.717) is 12.2 Å². The van der Waals surface area contributed by atoms with Gasteiger partial charge in [-0.25, -0.2) is 4.98 Å². The first-order chi connectivity index (χ1) is 10.8. The molecule has 22 heavy (non-hydrogen) atoms. The first kappa shape index (κ1) is 14.7. The molecule has 1 aliphatic heterocycles. The van der Waals surface area contributed by atoms with Crippen LogP contribution < -0.4 is 16.2 Å². The molecule has 0 spiro atoms. The SMILES string of the molecule is O=C(NCCN1CCNCC1)c1cnc2ccccn2c1=O. The molecular formula is C15H19N5O2.